The van der Waals surface area contributed by atoms with Crippen LogP contribution in [0.4, 0.5) is 10.4 Å². The summed E-state index contributed by atoms with van der Waals surface area (Å²) in [5.41, 5.74) is 0. The van der Waals surface area contributed by atoms with Gasteiger partial charge in [-0.2, -0.15) is 4.98 Å². The molecule has 1 aromatic carbocycles. The highest BCUT2D eigenvalue weighted by atomic mass is 32.2. The van der Waals surface area contributed by atoms with E-state index in [0.717, 1.165) is 4.90 Å². The van der Waals surface area contributed by atoms with Crippen LogP contribution in [0.25, 0.3) is 0 Å². The number of hydrogen-bond acceptors (Lipinski definition) is 5. The molecule has 0 radical (unpaired) electrons. The smallest absolute Gasteiger partial charge is 0.321 e. The Hall–Kier alpha value is -1.56. The van der Waals surface area contributed by atoms with Gasteiger partial charge in [0.2, 0.25) is 0 Å². The van der Waals surface area contributed by atoms with E-state index in [1.165, 1.54) is 23.9 Å². The number of nitrogens with one attached hydrogen (secondary N) is 1. The Morgan fingerprint density at radius 3 is 2.72 bits per heavy atom. The van der Waals surface area contributed by atoms with Crippen molar-refractivity contribution in [2.75, 3.05) is 5.32 Å². The first-order valence-corrected chi connectivity index (χ1v) is 6.59. The minimum atomic E-state index is -0.234. The Bertz CT molecular complexity index is 498. The van der Waals surface area contributed by atoms with Crippen LogP contribution in [-0.2, 0) is 5.75 Å². The van der Waals surface area contributed by atoms with E-state index in [1.807, 2.05) is 13.8 Å². The monoisotopic (exact) mass is 267 g/mol. The molecule has 0 aliphatic rings. The highest BCUT2D eigenvalue weighted by molar-refractivity contribution is 7.98. The predicted molar refractivity (Wildman–Crippen MR) is 69.0 cm³/mol. The zero-order valence-corrected chi connectivity index (χ0v) is 11.0. The molecular weight excluding hydrogens is 253 g/mol. The molecule has 0 atom stereocenters. The average Bonchev–Trinajstić information content (AvgIpc) is 2.75. The van der Waals surface area contributed by atoms with Gasteiger partial charge in [-0.1, -0.05) is 5.16 Å². The molecule has 0 aliphatic heterocycles. The van der Waals surface area contributed by atoms with E-state index in [9.17, 15) is 4.39 Å². The lowest BCUT2D eigenvalue weighted by Gasteiger charge is -2.01. The minimum Gasteiger partial charge on any atom is -0.336 e. The van der Waals surface area contributed by atoms with Crippen LogP contribution in [0, 0.1) is 5.82 Å². The Morgan fingerprint density at radius 2 is 2.06 bits per heavy atom. The lowest BCUT2D eigenvalue weighted by Crippen LogP contribution is -2.09. The van der Waals surface area contributed by atoms with Crippen molar-refractivity contribution in [3.63, 3.8) is 0 Å². The third-order valence-electron chi connectivity index (χ3n) is 2.06. The van der Waals surface area contributed by atoms with Gasteiger partial charge >= 0.3 is 6.01 Å². The van der Waals surface area contributed by atoms with Crippen molar-refractivity contribution < 1.29 is 8.91 Å². The minimum absolute atomic E-state index is 0.234. The molecule has 1 aromatic heterocycles. The van der Waals surface area contributed by atoms with Gasteiger partial charge in [-0.25, -0.2) is 4.39 Å². The molecule has 2 rings (SSSR count). The maximum absolute atomic E-state index is 12.7. The second-order valence-corrected chi connectivity index (χ2v) is 5.11. The maximum Gasteiger partial charge on any atom is 0.321 e. The first-order valence-electron chi connectivity index (χ1n) is 5.61. The second kappa shape index (κ2) is 5.86. The third kappa shape index (κ3) is 3.73. The number of hydrogen-bond donors (Lipinski definition) is 1. The summed E-state index contributed by atoms with van der Waals surface area (Å²) in [5.74, 6) is 0.976. The van der Waals surface area contributed by atoms with Gasteiger partial charge in [0.1, 0.15) is 5.82 Å². The molecule has 0 amide bonds. The summed E-state index contributed by atoms with van der Waals surface area (Å²) < 4.78 is 17.8. The largest absolute Gasteiger partial charge is 0.336 e. The summed E-state index contributed by atoms with van der Waals surface area (Å²) in [6.07, 6.45) is 0. The molecule has 0 spiro atoms. The molecule has 0 saturated heterocycles. The predicted octanol–water partition coefficient (Wildman–Crippen LogP) is 3.32. The zero-order valence-electron chi connectivity index (χ0n) is 10.2. The van der Waals surface area contributed by atoms with Crippen molar-refractivity contribution in [2.45, 2.75) is 30.5 Å². The fraction of sp³-hybridized carbons (Fsp3) is 0.333. The molecule has 1 N–H and O–H groups in total. The van der Waals surface area contributed by atoms with Crippen LogP contribution >= 0.6 is 11.8 Å². The molecular formula is C12H14FN3OS. The van der Waals surface area contributed by atoms with E-state index in [1.54, 1.807) is 12.1 Å². The van der Waals surface area contributed by atoms with Crippen molar-refractivity contribution in [3.8, 4) is 0 Å². The Kier molecular flexibility index (Phi) is 4.19. The molecule has 4 nitrogen and oxygen atoms in total. The molecule has 0 aliphatic carbocycles. The van der Waals surface area contributed by atoms with Gasteiger partial charge in [0, 0.05) is 10.9 Å². The molecule has 0 unspecified atom stereocenters. The van der Waals surface area contributed by atoms with E-state index in [0.29, 0.717) is 17.6 Å². The first-order chi connectivity index (χ1) is 8.63. The Labute approximate surface area is 109 Å². The topological polar surface area (TPSA) is 51.0 Å². The van der Waals surface area contributed by atoms with Crippen molar-refractivity contribution in [1.29, 1.82) is 0 Å². The summed E-state index contributed by atoms with van der Waals surface area (Å²) in [6.45, 7) is 3.99. The van der Waals surface area contributed by atoms with Gasteiger partial charge in [-0.3, -0.25) is 0 Å². The van der Waals surface area contributed by atoms with Crippen LogP contribution in [-0.4, -0.2) is 16.2 Å². The molecule has 6 heteroatoms. The summed E-state index contributed by atoms with van der Waals surface area (Å²) in [4.78, 5) is 5.17. The van der Waals surface area contributed by atoms with E-state index in [2.05, 4.69) is 15.5 Å². The SMILES string of the molecule is CC(C)Nc1nc(CSc2ccc(F)cc2)no1. The van der Waals surface area contributed by atoms with E-state index in [4.69, 9.17) is 4.52 Å². The molecule has 0 bridgehead atoms. The zero-order chi connectivity index (χ0) is 13.0. The Morgan fingerprint density at radius 1 is 1.33 bits per heavy atom. The van der Waals surface area contributed by atoms with Crippen LogP contribution in [0.5, 0.6) is 0 Å². The number of halogens is 1. The van der Waals surface area contributed by atoms with Gasteiger partial charge < -0.3 is 9.84 Å². The highest BCUT2D eigenvalue weighted by Crippen LogP contribution is 2.22. The normalized spacial score (nSPS) is 10.9. The van der Waals surface area contributed by atoms with Crippen LogP contribution in [0.3, 0.4) is 0 Å². The van der Waals surface area contributed by atoms with Crippen LogP contribution in [0.2, 0.25) is 0 Å². The van der Waals surface area contributed by atoms with Crippen molar-refractivity contribution in [2.24, 2.45) is 0 Å². The van der Waals surface area contributed by atoms with Crippen LogP contribution in [0.1, 0.15) is 19.7 Å². The van der Waals surface area contributed by atoms with Gasteiger partial charge in [0.25, 0.3) is 0 Å². The number of benzene rings is 1. The lowest BCUT2D eigenvalue weighted by atomic mass is 10.4. The van der Waals surface area contributed by atoms with E-state index >= 15 is 0 Å². The third-order valence-corrected chi connectivity index (χ3v) is 3.07. The van der Waals surface area contributed by atoms with E-state index in [-0.39, 0.29) is 11.9 Å². The van der Waals surface area contributed by atoms with Crippen LogP contribution in [0.15, 0.2) is 33.7 Å². The van der Waals surface area contributed by atoms with Gasteiger partial charge in [0.05, 0.1) is 5.75 Å². The van der Waals surface area contributed by atoms with Crippen molar-refractivity contribution in [3.05, 3.63) is 35.9 Å². The van der Waals surface area contributed by atoms with Crippen molar-refractivity contribution >= 4 is 17.8 Å². The number of rotatable bonds is 5. The summed E-state index contributed by atoms with van der Waals surface area (Å²) >= 11 is 1.53. The van der Waals surface area contributed by atoms with Crippen LogP contribution < -0.4 is 5.32 Å². The quantitative estimate of drug-likeness (QED) is 0.842. The maximum atomic E-state index is 12.7. The molecule has 1 heterocycles. The van der Waals surface area contributed by atoms with Gasteiger partial charge in [-0.05, 0) is 38.1 Å². The lowest BCUT2D eigenvalue weighted by molar-refractivity contribution is 0.422. The molecule has 96 valence electrons. The molecule has 0 saturated carbocycles. The number of anilines is 1. The standard InChI is InChI=1S/C12H14FN3OS/c1-8(2)14-12-15-11(16-17-12)7-18-10-5-3-9(13)4-6-10/h3-6,8H,7H2,1-2H3,(H,14,15,16). The summed E-state index contributed by atoms with van der Waals surface area (Å²) in [7, 11) is 0. The number of thioether (sulfide) groups is 1. The fourth-order valence-corrected chi connectivity index (χ4v) is 2.04. The molecule has 0 fully saturated rings. The second-order valence-electron chi connectivity index (χ2n) is 4.06. The average molecular weight is 267 g/mol. The summed E-state index contributed by atoms with van der Waals surface area (Å²) in [5, 5.41) is 6.89. The highest BCUT2D eigenvalue weighted by Gasteiger charge is 2.07. The Balaban J connectivity index is 1.90. The fourth-order valence-electron chi connectivity index (χ4n) is 1.30. The van der Waals surface area contributed by atoms with E-state index < -0.39 is 0 Å². The number of aromatic nitrogens is 2. The van der Waals surface area contributed by atoms with Gasteiger partial charge in [-0.15, -0.1) is 11.8 Å². The summed E-state index contributed by atoms with van der Waals surface area (Å²) in [6, 6.07) is 7.01. The first kappa shape index (κ1) is 12.9. The molecule has 2 aromatic rings. The van der Waals surface area contributed by atoms with Crippen molar-refractivity contribution in [1.82, 2.24) is 10.1 Å². The number of nitrogens with zero attached hydrogens (tertiary/aromatic N) is 2. The van der Waals surface area contributed by atoms with Gasteiger partial charge in [0.15, 0.2) is 5.82 Å². The molecule has 18 heavy (non-hydrogen) atoms.